The maximum absolute atomic E-state index is 16.0. The van der Waals surface area contributed by atoms with Crippen molar-refractivity contribution in [2.45, 2.75) is 364 Å². The third-order valence-electron chi connectivity index (χ3n) is 25.0. The molecule has 4 amide bonds. The van der Waals surface area contributed by atoms with Gasteiger partial charge in [-0.2, -0.15) is 0 Å². The van der Waals surface area contributed by atoms with Crippen LogP contribution < -0.4 is 0 Å². The zero-order valence-corrected chi connectivity index (χ0v) is 76.9. The van der Waals surface area contributed by atoms with Crippen molar-refractivity contribution >= 4 is 114 Å². The van der Waals surface area contributed by atoms with Gasteiger partial charge in [0.05, 0.1) is 64.6 Å². The van der Waals surface area contributed by atoms with E-state index < -0.39 is 0 Å². The maximum atomic E-state index is 16.0. The van der Waals surface area contributed by atoms with E-state index in [1.54, 1.807) is 45.3 Å². The molecule has 0 bridgehead atoms. The minimum atomic E-state index is 0.0114. The van der Waals surface area contributed by atoms with Gasteiger partial charge in [-0.3, -0.25) is 19.2 Å². The van der Waals surface area contributed by atoms with Crippen LogP contribution in [0.4, 0.5) is 0 Å². The van der Waals surface area contributed by atoms with Crippen LogP contribution in [-0.2, 0) is 19.2 Å². The van der Waals surface area contributed by atoms with E-state index in [1.807, 2.05) is 22.7 Å². The van der Waals surface area contributed by atoms with Gasteiger partial charge in [-0.25, -0.2) is 0 Å². The van der Waals surface area contributed by atoms with Gasteiger partial charge in [0.25, 0.3) is 23.6 Å². The van der Waals surface area contributed by atoms with Gasteiger partial charge >= 0.3 is 0 Å². The van der Waals surface area contributed by atoms with Crippen LogP contribution in [-0.4, -0.2) is 69.4 Å². The Morgan fingerprint density at radius 1 is 0.219 bits per heavy atom. The maximum Gasteiger partial charge on any atom is 0.261 e. The minimum Gasteiger partial charge on any atom is -0.306 e. The molecule has 4 unspecified atom stereocenters. The Balaban J connectivity index is 0.977. The molecule has 626 valence electrons. The summed E-state index contributed by atoms with van der Waals surface area (Å²) in [7, 11) is 0. The fraction of sp³-hybridized carbons (Fsp3) is 0.640. The number of amides is 4. The largest absolute Gasteiger partial charge is 0.306 e. The summed E-state index contributed by atoms with van der Waals surface area (Å²) in [6, 6.07) is 26.5. The fourth-order valence-corrected chi connectivity index (χ4v) is 24.4. The molecule has 0 fully saturated rings. The monoisotopic (exact) mass is 1660 g/mol. The SMILES string of the molecule is CCCCCCCCC(CCCCCC)CN1C(=O)C2=C(c3ccc(-c4ccc(-c5ccc(-c6ccc(C7=C8C(=O)N(CC(CCCCCC)CCCCCCCC)C(c9cccs9)=C8C(=O)N7CC(CCCCCC)CCCCCCCC)s6)s5)s4)s3)N(CC(CCCCCC)CCCCCCCC)C(=O)C2=C1c1cccs1. The lowest BCUT2D eigenvalue weighted by atomic mass is 9.93. The molecule has 0 saturated carbocycles. The third kappa shape index (κ3) is 25.6. The number of hydrogen-bond acceptors (Lipinski definition) is 10. The Bertz CT molecular complexity index is 3710. The molecule has 0 aromatic carbocycles. The number of fused-ring (bicyclic) bond motifs is 2. The molecule has 10 heterocycles. The van der Waals surface area contributed by atoms with Crippen LogP contribution >= 0.6 is 68.0 Å². The lowest BCUT2D eigenvalue weighted by molar-refractivity contribution is -0.124. The van der Waals surface area contributed by atoms with Crippen LogP contribution in [0.3, 0.4) is 0 Å². The van der Waals surface area contributed by atoms with Crippen LogP contribution in [0.1, 0.15) is 383 Å². The van der Waals surface area contributed by atoms with Crippen molar-refractivity contribution < 1.29 is 19.2 Å². The van der Waals surface area contributed by atoms with Gasteiger partial charge in [-0.05, 0) is 146 Å². The van der Waals surface area contributed by atoms with Crippen LogP contribution in [0, 0.1) is 23.7 Å². The number of thiophene rings is 6. The van der Waals surface area contributed by atoms with Gasteiger partial charge < -0.3 is 19.6 Å². The zero-order chi connectivity index (χ0) is 80.2. The highest BCUT2D eigenvalue weighted by Gasteiger charge is 2.52. The highest BCUT2D eigenvalue weighted by atomic mass is 32.1. The highest BCUT2D eigenvalue weighted by molar-refractivity contribution is 7.28. The average molecular weight is 1660 g/mol. The van der Waals surface area contributed by atoms with Crippen molar-refractivity contribution in [2.24, 2.45) is 23.7 Å². The summed E-state index contributed by atoms with van der Waals surface area (Å²) >= 11 is 10.4. The van der Waals surface area contributed by atoms with Crippen LogP contribution in [0.15, 0.2) is 106 Å². The van der Waals surface area contributed by atoms with Gasteiger partial charge in [-0.15, -0.1) is 68.0 Å². The normalized spacial score (nSPS) is 15.7. The van der Waals surface area contributed by atoms with Gasteiger partial charge in [-0.1, -0.05) is 324 Å². The van der Waals surface area contributed by atoms with Gasteiger partial charge in [0.1, 0.15) is 0 Å². The molecule has 0 aliphatic carbocycles. The first kappa shape index (κ1) is 91.3. The van der Waals surface area contributed by atoms with Crippen molar-refractivity contribution in [1.29, 1.82) is 0 Å². The summed E-state index contributed by atoms with van der Waals surface area (Å²) in [6.07, 6.45) is 58.0. The van der Waals surface area contributed by atoms with Crippen LogP contribution in [0.5, 0.6) is 0 Å². The molecule has 114 heavy (non-hydrogen) atoms. The average Bonchev–Trinajstić information content (AvgIpc) is 1.56. The Morgan fingerprint density at radius 3 is 0.596 bits per heavy atom. The van der Waals surface area contributed by atoms with E-state index in [0.717, 1.165) is 116 Å². The summed E-state index contributed by atoms with van der Waals surface area (Å²) in [5.41, 5.74) is 5.88. The summed E-state index contributed by atoms with van der Waals surface area (Å²) in [4.78, 5) is 83.5. The van der Waals surface area contributed by atoms with Crippen molar-refractivity contribution in [3.05, 3.63) is 125 Å². The Morgan fingerprint density at radius 2 is 0.395 bits per heavy atom. The molecule has 0 saturated heterocycles. The second-order valence-electron chi connectivity index (χ2n) is 34.3. The second-order valence-corrected chi connectivity index (χ2v) is 40.5. The fourth-order valence-electron chi connectivity index (χ4n) is 18.4. The number of rotatable bonds is 63. The molecule has 10 rings (SSSR count). The Labute approximate surface area is 715 Å². The van der Waals surface area contributed by atoms with Crippen LogP contribution in [0.2, 0.25) is 0 Å². The lowest BCUT2D eigenvalue weighted by Crippen LogP contribution is -2.34. The van der Waals surface area contributed by atoms with E-state index in [1.165, 1.54) is 263 Å². The zero-order valence-electron chi connectivity index (χ0n) is 72.0. The lowest BCUT2D eigenvalue weighted by Gasteiger charge is -2.29. The standard InChI is InChI=1S/C100H146N4O4S6/c1-9-17-25-33-37-45-55-75(51-41-29-21-13-5)71-101-93(85-59-49-69-109-85)89-91(99(101)107)95(103(97(89)105)73-77(53-43-31-23-15-7)57-47-39-35-27-19-11-3)87-67-65-83(113-87)81-63-61-79(111-81)80-62-64-82(112-80)84-66-68-88(114-84)96-92-90(98(106)104(96)74-78(54-44-32-24-16-8)58-48-40-36-28-20-12-4)94(86-60-50-70-110-86)102(100(92)108)72-76(52-42-30-22-14-6)56-46-38-34-26-18-10-2/h49-50,59-70,75-78H,9-48,51-58,71-74H2,1-8H3. The summed E-state index contributed by atoms with van der Waals surface area (Å²) in [5.74, 6) is 1.46. The number of hydrogen-bond donors (Lipinski definition) is 0. The third-order valence-corrected chi connectivity index (χ3v) is 31.7. The molecule has 4 aliphatic rings. The van der Waals surface area contributed by atoms with E-state index in [9.17, 15) is 0 Å². The van der Waals surface area contributed by atoms with E-state index in [0.29, 0.717) is 72.1 Å². The van der Waals surface area contributed by atoms with Crippen molar-refractivity contribution in [3.8, 4) is 29.3 Å². The van der Waals surface area contributed by atoms with E-state index in [-0.39, 0.29) is 23.6 Å². The molecule has 0 spiro atoms. The first-order valence-corrected chi connectivity index (χ1v) is 51.8. The van der Waals surface area contributed by atoms with E-state index >= 15 is 19.2 Å². The topological polar surface area (TPSA) is 81.2 Å². The molecule has 0 N–H and O–H groups in total. The molecular formula is C100H146N4O4S6. The number of unbranched alkanes of at least 4 members (excludes halogenated alkanes) is 32. The van der Waals surface area contributed by atoms with Crippen molar-refractivity contribution in [1.82, 2.24) is 19.6 Å². The summed E-state index contributed by atoms with van der Waals surface area (Å²) in [6.45, 7) is 20.9. The minimum absolute atomic E-state index is 0.0114. The molecule has 0 radical (unpaired) electrons. The first-order chi connectivity index (χ1) is 56.0. The highest BCUT2D eigenvalue weighted by Crippen LogP contribution is 2.54. The predicted molar refractivity (Wildman–Crippen MR) is 498 cm³/mol. The van der Waals surface area contributed by atoms with Crippen molar-refractivity contribution in [2.75, 3.05) is 26.2 Å². The molecule has 6 aromatic heterocycles. The molecule has 4 aliphatic heterocycles. The number of nitrogens with zero attached hydrogens (tertiary/aromatic N) is 4. The van der Waals surface area contributed by atoms with Gasteiger partial charge in [0.15, 0.2) is 0 Å². The number of carbonyl (C=O) groups is 4. The van der Waals surface area contributed by atoms with Crippen molar-refractivity contribution in [3.63, 3.8) is 0 Å². The van der Waals surface area contributed by atoms with E-state index in [2.05, 4.69) is 159 Å². The first-order valence-electron chi connectivity index (χ1n) is 46.7. The second kappa shape index (κ2) is 50.2. The number of carbonyl (C=O) groups excluding carboxylic acids is 4. The Kier molecular flexibility index (Phi) is 40.2. The molecular weight excluding hydrogens is 1510 g/mol. The summed E-state index contributed by atoms with van der Waals surface area (Å²) < 4.78 is 0. The van der Waals surface area contributed by atoms with Gasteiger partial charge in [0.2, 0.25) is 0 Å². The van der Waals surface area contributed by atoms with Crippen LogP contribution in [0.25, 0.3) is 52.1 Å². The predicted octanol–water partition coefficient (Wildman–Crippen LogP) is 32.0. The molecule has 8 nitrogen and oxygen atoms in total. The molecule has 14 heteroatoms. The smallest absolute Gasteiger partial charge is 0.261 e. The summed E-state index contributed by atoms with van der Waals surface area (Å²) in [5, 5.41) is 4.23. The quantitative estimate of drug-likeness (QED) is 0.0356. The Hall–Kier alpha value is -4.96. The van der Waals surface area contributed by atoms with E-state index in [4.69, 9.17) is 0 Å². The molecule has 6 aromatic rings. The van der Waals surface area contributed by atoms with Gasteiger partial charge in [0, 0.05) is 55.4 Å². The molecule has 4 atom stereocenters.